The van der Waals surface area contributed by atoms with Crippen LogP contribution < -0.4 is 4.74 Å². The molecule has 1 N–H and O–H groups in total. The zero-order chi connectivity index (χ0) is 27.4. The quantitative estimate of drug-likeness (QED) is 0.179. The molecule has 3 aromatic carbocycles. The van der Waals surface area contributed by atoms with Gasteiger partial charge in [0.1, 0.15) is 23.9 Å². The Hall–Kier alpha value is -4.72. The Kier molecular flexibility index (Phi) is 7.54. The molecule has 5 rings (SSSR count). The molecular weight excluding hydrogens is 497 g/mol. The number of hydrogen-bond donors (Lipinski definition) is 1. The van der Waals surface area contributed by atoms with Crippen molar-refractivity contribution in [3.8, 4) is 5.75 Å². The number of aliphatic hydroxyl groups is 1. The van der Waals surface area contributed by atoms with Crippen LogP contribution in [0.2, 0.25) is 0 Å². The van der Waals surface area contributed by atoms with E-state index < -0.39 is 23.5 Å². The molecule has 0 saturated carbocycles. The molecule has 198 valence electrons. The highest BCUT2D eigenvalue weighted by Crippen LogP contribution is 2.40. The second-order valence-corrected chi connectivity index (χ2v) is 9.41. The number of carbonyl (C=O) groups excluding carboxylic acids is 2. The van der Waals surface area contributed by atoms with Crippen molar-refractivity contribution in [2.24, 2.45) is 0 Å². The normalized spacial score (nSPS) is 16.6. The molecule has 1 atom stereocenters. The summed E-state index contributed by atoms with van der Waals surface area (Å²) in [7, 11) is 0. The summed E-state index contributed by atoms with van der Waals surface area (Å²) in [5, 5.41) is 11.3. The topological polar surface area (TPSA) is 84.7 Å². The number of aliphatic hydroxyl groups excluding tert-OH is 1. The number of imidazole rings is 1. The summed E-state index contributed by atoms with van der Waals surface area (Å²) in [5.41, 5.74) is 2.52. The molecule has 0 aliphatic carbocycles. The largest absolute Gasteiger partial charge is 0.507 e. The highest BCUT2D eigenvalue weighted by molar-refractivity contribution is 6.46. The minimum Gasteiger partial charge on any atom is -0.507 e. The summed E-state index contributed by atoms with van der Waals surface area (Å²) in [4.78, 5) is 31.7. The minimum absolute atomic E-state index is 0.138. The number of amides is 1. The molecule has 8 heteroatoms. The molecule has 1 unspecified atom stereocenters. The fourth-order valence-corrected chi connectivity index (χ4v) is 4.77. The number of hydrogen-bond acceptors (Lipinski definition) is 5. The van der Waals surface area contributed by atoms with Crippen LogP contribution in [0.4, 0.5) is 4.39 Å². The van der Waals surface area contributed by atoms with Crippen molar-refractivity contribution in [2.45, 2.75) is 32.5 Å². The predicted molar refractivity (Wildman–Crippen MR) is 144 cm³/mol. The average molecular weight is 526 g/mol. The highest BCUT2D eigenvalue weighted by Gasteiger charge is 2.46. The summed E-state index contributed by atoms with van der Waals surface area (Å²) >= 11 is 0. The van der Waals surface area contributed by atoms with E-state index in [1.165, 1.54) is 17.0 Å². The molecule has 4 aromatic rings. The first-order valence-corrected chi connectivity index (χ1v) is 12.7. The summed E-state index contributed by atoms with van der Waals surface area (Å²) in [6.45, 7) is 3.16. The maximum absolute atomic E-state index is 15.0. The van der Waals surface area contributed by atoms with Gasteiger partial charge in [0.05, 0.1) is 17.9 Å². The van der Waals surface area contributed by atoms with Gasteiger partial charge in [-0.2, -0.15) is 0 Å². The molecule has 7 nitrogen and oxygen atoms in total. The third kappa shape index (κ3) is 5.45. The lowest BCUT2D eigenvalue weighted by Gasteiger charge is -2.25. The Bertz CT molecular complexity index is 1510. The van der Waals surface area contributed by atoms with Crippen LogP contribution in [0.1, 0.15) is 34.7 Å². The van der Waals surface area contributed by atoms with Gasteiger partial charge in [-0.3, -0.25) is 9.59 Å². The number of benzene rings is 3. The molecule has 0 bridgehead atoms. The van der Waals surface area contributed by atoms with Gasteiger partial charge in [0.25, 0.3) is 11.7 Å². The molecule has 2 heterocycles. The Balaban J connectivity index is 1.42. The minimum atomic E-state index is -1.05. The van der Waals surface area contributed by atoms with Crippen LogP contribution in [0, 0.1) is 12.7 Å². The second kappa shape index (κ2) is 11.3. The van der Waals surface area contributed by atoms with E-state index in [9.17, 15) is 19.1 Å². The number of ketones is 1. The lowest BCUT2D eigenvalue weighted by Crippen LogP contribution is -2.31. The van der Waals surface area contributed by atoms with Crippen LogP contribution in [-0.4, -0.2) is 37.8 Å². The standard InChI is InChI=1S/C31H28FN3O4/c1-21-7-2-3-8-23(21)19-39-24-13-11-22(12-14-24)29(36)27-28(25-9-4-5-10-26(25)32)35(31(38)30(27)37)17-6-16-34-18-15-33-20-34/h2-5,7-15,18,20,28,36H,6,16-17,19H2,1H3. The van der Waals surface area contributed by atoms with Crippen molar-refractivity contribution in [3.63, 3.8) is 0 Å². The van der Waals surface area contributed by atoms with Crippen LogP contribution in [0.15, 0.2) is 97.1 Å². The number of likely N-dealkylation sites (tertiary alicyclic amines) is 1. The van der Waals surface area contributed by atoms with Crippen LogP contribution >= 0.6 is 0 Å². The van der Waals surface area contributed by atoms with Crippen LogP contribution in [0.3, 0.4) is 0 Å². The van der Waals surface area contributed by atoms with Gasteiger partial charge < -0.3 is 19.3 Å². The monoisotopic (exact) mass is 525 g/mol. The van der Waals surface area contributed by atoms with Gasteiger partial charge in [0.2, 0.25) is 0 Å². The fourth-order valence-electron chi connectivity index (χ4n) is 4.77. The number of Topliss-reactive ketones (excluding diaryl/α,β-unsaturated/α-hetero) is 1. The number of ether oxygens (including phenoxy) is 1. The molecule has 1 amide bonds. The number of halogens is 1. The Morgan fingerprint density at radius 2 is 1.74 bits per heavy atom. The van der Waals surface area contributed by atoms with Gasteiger partial charge in [0, 0.05) is 36.6 Å². The van der Waals surface area contributed by atoms with Crippen molar-refractivity contribution >= 4 is 17.4 Å². The first kappa shape index (κ1) is 25.9. The zero-order valence-corrected chi connectivity index (χ0v) is 21.5. The van der Waals surface area contributed by atoms with Gasteiger partial charge in [0.15, 0.2) is 0 Å². The van der Waals surface area contributed by atoms with Crippen LogP contribution in [0.5, 0.6) is 5.75 Å². The average Bonchev–Trinajstić information content (AvgIpc) is 3.55. The van der Waals surface area contributed by atoms with Crippen molar-refractivity contribution < 1.29 is 23.8 Å². The number of nitrogens with zero attached hydrogens (tertiary/aromatic N) is 3. The van der Waals surface area contributed by atoms with E-state index in [1.807, 2.05) is 35.8 Å². The molecule has 1 aliphatic rings. The van der Waals surface area contributed by atoms with E-state index >= 15 is 0 Å². The third-order valence-corrected chi connectivity index (χ3v) is 6.90. The van der Waals surface area contributed by atoms with E-state index in [1.54, 1.807) is 55.1 Å². The summed E-state index contributed by atoms with van der Waals surface area (Å²) in [6.07, 6.45) is 5.64. The second-order valence-electron chi connectivity index (χ2n) is 9.41. The summed E-state index contributed by atoms with van der Waals surface area (Å²) < 4.78 is 22.7. The van der Waals surface area contributed by atoms with E-state index in [2.05, 4.69) is 4.98 Å². The maximum Gasteiger partial charge on any atom is 0.295 e. The summed E-state index contributed by atoms with van der Waals surface area (Å²) in [6, 6.07) is 19.5. The number of aromatic nitrogens is 2. The molecule has 1 saturated heterocycles. The summed E-state index contributed by atoms with van der Waals surface area (Å²) in [5.74, 6) is -1.95. The van der Waals surface area contributed by atoms with Gasteiger partial charge in [-0.25, -0.2) is 9.37 Å². The molecule has 1 aliphatic heterocycles. The van der Waals surface area contributed by atoms with E-state index in [-0.39, 0.29) is 23.4 Å². The zero-order valence-electron chi connectivity index (χ0n) is 21.5. The molecule has 39 heavy (non-hydrogen) atoms. The van der Waals surface area contributed by atoms with Gasteiger partial charge in [-0.15, -0.1) is 0 Å². The first-order valence-electron chi connectivity index (χ1n) is 12.7. The van der Waals surface area contributed by atoms with E-state index in [4.69, 9.17) is 4.74 Å². The molecular formula is C31H28FN3O4. The fraction of sp³-hybridized carbons (Fsp3) is 0.194. The van der Waals surface area contributed by atoms with Crippen molar-refractivity contribution in [1.29, 1.82) is 0 Å². The van der Waals surface area contributed by atoms with Crippen LogP contribution in [0.25, 0.3) is 5.76 Å². The highest BCUT2D eigenvalue weighted by atomic mass is 19.1. The molecule has 0 spiro atoms. The molecule has 1 aromatic heterocycles. The SMILES string of the molecule is Cc1ccccc1COc1ccc(C(O)=C2C(=O)C(=O)N(CCCn3ccnc3)C2c2ccccc2F)cc1. The Morgan fingerprint density at radius 3 is 2.46 bits per heavy atom. The van der Waals surface area contributed by atoms with E-state index in [0.29, 0.717) is 30.9 Å². The smallest absolute Gasteiger partial charge is 0.295 e. The van der Waals surface area contributed by atoms with Crippen molar-refractivity contribution in [1.82, 2.24) is 14.5 Å². The van der Waals surface area contributed by atoms with Gasteiger partial charge >= 0.3 is 0 Å². The number of rotatable bonds is 9. The van der Waals surface area contributed by atoms with Crippen molar-refractivity contribution in [2.75, 3.05) is 6.54 Å². The Labute approximate surface area is 225 Å². The number of aryl methyl sites for hydroxylation is 2. The number of carbonyl (C=O) groups is 2. The molecule has 1 fully saturated rings. The van der Waals surface area contributed by atoms with Crippen molar-refractivity contribution in [3.05, 3.63) is 125 Å². The Morgan fingerprint density at radius 1 is 1.00 bits per heavy atom. The van der Waals surface area contributed by atoms with Gasteiger partial charge in [-0.05, 0) is 54.8 Å². The molecule has 0 radical (unpaired) electrons. The lowest BCUT2D eigenvalue weighted by atomic mass is 9.95. The predicted octanol–water partition coefficient (Wildman–Crippen LogP) is 5.42. The first-order chi connectivity index (χ1) is 18.9. The van der Waals surface area contributed by atoms with Crippen LogP contribution in [-0.2, 0) is 22.7 Å². The van der Waals surface area contributed by atoms with Gasteiger partial charge in [-0.1, -0.05) is 42.5 Å². The van der Waals surface area contributed by atoms with E-state index in [0.717, 1.165) is 11.1 Å². The maximum atomic E-state index is 15.0. The lowest BCUT2D eigenvalue weighted by molar-refractivity contribution is -0.140. The third-order valence-electron chi connectivity index (χ3n) is 6.90.